The largest absolute Gasteiger partial charge is 0.415 e. The van der Waals surface area contributed by atoms with Crippen LogP contribution in [0.25, 0.3) is 11.5 Å². The van der Waals surface area contributed by atoms with Gasteiger partial charge in [-0.15, -0.1) is 10.2 Å². The van der Waals surface area contributed by atoms with Gasteiger partial charge in [0.15, 0.2) is 6.54 Å². The molecule has 0 saturated carbocycles. The topological polar surface area (TPSA) is 80.7 Å². The summed E-state index contributed by atoms with van der Waals surface area (Å²) >= 11 is 0. The predicted octanol–water partition coefficient (Wildman–Crippen LogP) is 0.965. The number of sulfonamides is 1. The zero-order chi connectivity index (χ0) is 19.6. The molecule has 0 aliphatic carbocycles. The number of halogens is 1. The number of hydrogen-bond donors (Lipinski definition) is 1. The lowest BCUT2D eigenvalue weighted by molar-refractivity contribution is -0.918. The van der Waals surface area contributed by atoms with Gasteiger partial charge in [-0.25, -0.2) is 12.8 Å². The predicted molar refractivity (Wildman–Crippen MR) is 99.3 cm³/mol. The van der Waals surface area contributed by atoms with E-state index in [0.29, 0.717) is 44.5 Å². The average Bonchev–Trinajstić information content (AvgIpc) is 3.18. The fraction of sp³-hybridized carbons (Fsp3) is 0.263. The number of quaternary nitrogens is 1. The Labute approximate surface area is 162 Å². The van der Waals surface area contributed by atoms with Crippen LogP contribution in [-0.2, 0) is 16.6 Å². The van der Waals surface area contributed by atoms with Gasteiger partial charge in [-0.05, 0) is 36.4 Å². The van der Waals surface area contributed by atoms with Crippen LogP contribution in [0.5, 0.6) is 0 Å². The first-order chi connectivity index (χ1) is 13.5. The van der Waals surface area contributed by atoms with Crippen LogP contribution in [0, 0.1) is 5.82 Å². The Hall–Kier alpha value is -2.62. The molecule has 4 rings (SSSR count). The maximum absolute atomic E-state index is 13.1. The van der Waals surface area contributed by atoms with E-state index in [1.807, 2.05) is 30.3 Å². The third-order valence-corrected chi connectivity index (χ3v) is 6.68. The molecular weight excluding hydrogens is 383 g/mol. The van der Waals surface area contributed by atoms with Crippen molar-refractivity contribution in [1.29, 1.82) is 0 Å². The van der Waals surface area contributed by atoms with Crippen molar-refractivity contribution in [2.45, 2.75) is 11.4 Å². The van der Waals surface area contributed by atoms with E-state index in [2.05, 4.69) is 10.2 Å². The molecule has 1 saturated heterocycles. The van der Waals surface area contributed by atoms with Gasteiger partial charge in [-0.2, -0.15) is 4.31 Å². The van der Waals surface area contributed by atoms with Crippen molar-refractivity contribution in [3.05, 3.63) is 66.3 Å². The summed E-state index contributed by atoms with van der Waals surface area (Å²) in [7, 11) is -3.61. The third kappa shape index (κ3) is 3.96. The van der Waals surface area contributed by atoms with Gasteiger partial charge in [0, 0.05) is 5.56 Å². The Bertz CT molecular complexity index is 1030. The highest BCUT2D eigenvalue weighted by molar-refractivity contribution is 7.89. The van der Waals surface area contributed by atoms with Crippen molar-refractivity contribution < 1.29 is 22.1 Å². The summed E-state index contributed by atoms with van der Waals surface area (Å²) in [6.45, 7) is 2.57. The van der Waals surface area contributed by atoms with Crippen LogP contribution in [0.4, 0.5) is 4.39 Å². The fourth-order valence-electron chi connectivity index (χ4n) is 3.21. The van der Waals surface area contributed by atoms with Gasteiger partial charge in [0.25, 0.3) is 5.89 Å². The van der Waals surface area contributed by atoms with Crippen molar-refractivity contribution in [3.63, 3.8) is 0 Å². The van der Waals surface area contributed by atoms with E-state index in [1.54, 1.807) is 0 Å². The summed E-state index contributed by atoms with van der Waals surface area (Å²) in [6.07, 6.45) is 0. The second-order valence-corrected chi connectivity index (χ2v) is 8.59. The Morgan fingerprint density at radius 1 is 1.00 bits per heavy atom. The van der Waals surface area contributed by atoms with Crippen LogP contribution in [0.1, 0.15) is 5.89 Å². The molecule has 1 aromatic heterocycles. The number of benzene rings is 2. The van der Waals surface area contributed by atoms with Crippen LogP contribution < -0.4 is 4.90 Å². The number of aromatic nitrogens is 2. The molecule has 9 heteroatoms. The van der Waals surface area contributed by atoms with Crippen LogP contribution in [0.2, 0.25) is 0 Å². The molecule has 1 fully saturated rings. The molecule has 0 radical (unpaired) electrons. The summed E-state index contributed by atoms with van der Waals surface area (Å²) in [5, 5.41) is 8.19. The minimum atomic E-state index is -3.61. The SMILES string of the molecule is O=S(=O)(c1ccc(F)cc1)N1CC[NH+](Cc2nnc(-c3ccccc3)o2)CC1. The summed E-state index contributed by atoms with van der Waals surface area (Å²) in [6, 6.07) is 14.5. The molecule has 7 nitrogen and oxygen atoms in total. The lowest BCUT2D eigenvalue weighted by Crippen LogP contribution is -3.13. The van der Waals surface area contributed by atoms with E-state index in [4.69, 9.17) is 4.42 Å². The van der Waals surface area contributed by atoms with Crippen molar-refractivity contribution in [2.24, 2.45) is 0 Å². The van der Waals surface area contributed by atoms with Crippen LogP contribution in [-0.4, -0.2) is 49.1 Å². The summed E-state index contributed by atoms with van der Waals surface area (Å²) in [4.78, 5) is 1.29. The zero-order valence-corrected chi connectivity index (χ0v) is 15.9. The van der Waals surface area contributed by atoms with Gasteiger partial charge >= 0.3 is 0 Å². The van der Waals surface area contributed by atoms with Crippen LogP contribution in [0.3, 0.4) is 0 Å². The molecule has 0 unspecified atom stereocenters. The average molecular weight is 403 g/mol. The molecule has 0 atom stereocenters. The molecule has 0 amide bonds. The van der Waals surface area contributed by atoms with Crippen molar-refractivity contribution in [1.82, 2.24) is 14.5 Å². The van der Waals surface area contributed by atoms with Crippen molar-refractivity contribution >= 4 is 10.0 Å². The first-order valence-corrected chi connectivity index (χ1v) is 10.4. The molecule has 0 bridgehead atoms. The monoisotopic (exact) mass is 403 g/mol. The Kier molecular flexibility index (Phi) is 5.21. The van der Waals surface area contributed by atoms with Gasteiger partial charge in [0.1, 0.15) is 5.82 Å². The number of rotatable bonds is 5. The number of nitrogens with one attached hydrogen (secondary N) is 1. The van der Waals surface area contributed by atoms with E-state index in [1.165, 1.54) is 21.3 Å². The highest BCUT2D eigenvalue weighted by Gasteiger charge is 2.31. The second kappa shape index (κ2) is 7.78. The van der Waals surface area contributed by atoms with E-state index in [0.717, 1.165) is 17.7 Å². The molecule has 28 heavy (non-hydrogen) atoms. The quantitative estimate of drug-likeness (QED) is 0.687. The van der Waals surface area contributed by atoms with Gasteiger partial charge in [-0.3, -0.25) is 0 Å². The molecule has 2 aromatic carbocycles. The maximum Gasteiger partial charge on any atom is 0.271 e. The molecule has 1 aliphatic heterocycles. The molecule has 0 spiro atoms. The molecule has 1 aliphatic rings. The normalized spacial score (nSPS) is 16.3. The molecule has 146 valence electrons. The van der Waals surface area contributed by atoms with Gasteiger partial charge in [-0.1, -0.05) is 18.2 Å². The molecule has 3 aromatic rings. The Balaban J connectivity index is 1.37. The Morgan fingerprint density at radius 3 is 2.36 bits per heavy atom. The first-order valence-electron chi connectivity index (χ1n) is 8.99. The lowest BCUT2D eigenvalue weighted by Gasteiger charge is -2.30. The van der Waals surface area contributed by atoms with E-state index >= 15 is 0 Å². The van der Waals surface area contributed by atoms with Crippen LogP contribution in [0.15, 0.2) is 63.9 Å². The van der Waals surface area contributed by atoms with Gasteiger partial charge in [0.05, 0.1) is 31.1 Å². The van der Waals surface area contributed by atoms with Gasteiger partial charge < -0.3 is 9.32 Å². The Morgan fingerprint density at radius 2 is 1.68 bits per heavy atom. The number of nitrogens with zero attached hydrogens (tertiary/aromatic N) is 3. The standard InChI is InChI=1S/C19H19FN4O3S/c20-16-6-8-17(9-7-16)28(25,26)24-12-10-23(11-13-24)14-18-21-22-19(27-18)15-4-2-1-3-5-15/h1-9H,10-14H2/p+1. The minimum Gasteiger partial charge on any atom is -0.415 e. The second-order valence-electron chi connectivity index (χ2n) is 6.65. The summed E-state index contributed by atoms with van der Waals surface area (Å²) < 4.78 is 45.6. The smallest absolute Gasteiger partial charge is 0.271 e. The number of hydrogen-bond acceptors (Lipinski definition) is 5. The summed E-state index contributed by atoms with van der Waals surface area (Å²) in [5.41, 5.74) is 0.867. The lowest BCUT2D eigenvalue weighted by atomic mass is 10.2. The maximum atomic E-state index is 13.1. The zero-order valence-electron chi connectivity index (χ0n) is 15.1. The number of piperazine rings is 1. The molecule has 2 heterocycles. The third-order valence-electron chi connectivity index (χ3n) is 4.77. The van der Waals surface area contributed by atoms with Crippen LogP contribution >= 0.6 is 0 Å². The highest BCUT2D eigenvalue weighted by Crippen LogP contribution is 2.17. The van der Waals surface area contributed by atoms with E-state index in [-0.39, 0.29) is 4.90 Å². The molecule has 1 N–H and O–H groups in total. The van der Waals surface area contributed by atoms with Crippen molar-refractivity contribution in [2.75, 3.05) is 26.2 Å². The van der Waals surface area contributed by atoms with E-state index < -0.39 is 15.8 Å². The van der Waals surface area contributed by atoms with E-state index in [9.17, 15) is 12.8 Å². The fourth-order valence-corrected chi connectivity index (χ4v) is 4.65. The molecular formula is C19H20FN4O3S+. The van der Waals surface area contributed by atoms with Crippen molar-refractivity contribution in [3.8, 4) is 11.5 Å². The first kappa shape index (κ1) is 18.7. The highest BCUT2D eigenvalue weighted by atomic mass is 32.2. The van der Waals surface area contributed by atoms with Gasteiger partial charge in [0.2, 0.25) is 15.9 Å². The minimum absolute atomic E-state index is 0.113. The summed E-state index contributed by atoms with van der Waals surface area (Å²) in [5.74, 6) is 0.555.